The number of imidazole rings is 1. The van der Waals surface area contributed by atoms with Gasteiger partial charge < -0.3 is 24.6 Å². The number of esters is 1. The van der Waals surface area contributed by atoms with Gasteiger partial charge in [0.05, 0.1) is 53.6 Å². The fraction of sp³-hybridized carbons (Fsp3) is 0.364. The summed E-state index contributed by atoms with van der Waals surface area (Å²) in [5, 5.41) is 14.8. The predicted octanol–water partition coefficient (Wildman–Crippen LogP) is 4.86. The van der Waals surface area contributed by atoms with Gasteiger partial charge >= 0.3 is 5.97 Å². The standard InChI is InChI=1S/C22H26Cl2N4O3/c1-4-27(5-2)19-8-6-7-18-21(19)28(13-15(29)12-20(30)31-3)22(26-18)25-17-10-9-14(23)11-16(17)24/h6-11,15,29H,4-5,12-13H2,1-3H3,(H,25,26). The topological polar surface area (TPSA) is 79.6 Å². The lowest BCUT2D eigenvalue weighted by atomic mass is 10.2. The number of hydrogen-bond acceptors (Lipinski definition) is 6. The molecular formula is C22H26Cl2N4O3. The highest BCUT2D eigenvalue weighted by molar-refractivity contribution is 6.36. The summed E-state index contributed by atoms with van der Waals surface area (Å²) in [6.45, 7) is 5.95. The number of aliphatic hydroxyl groups is 1. The van der Waals surface area contributed by atoms with Crippen molar-refractivity contribution in [2.24, 2.45) is 0 Å². The molecule has 1 heterocycles. The van der Waals surface area contributed by atoms with Crippen LogP contribution in [0.25, 0.3) is 11.0 Å². The van der Waals surface area contributed by atoms with Crippen molar-refractivity contribution in [3.8, 4) is 0 Å². The van der Waals surface area contributed by atoms with Crippen LogP contribution in [0.3, 0.4) is 0 Å². The summed E-state index contributed by atoms with van der Waals surface area (Å²) in [5.74, 6) is 0.0267. The van der Waals surface area contributed by atoms with Gasteiger partial charge in [-0.25, -0.2) is 4.98 Å². The molecule has 31 heavy (non-hydrogen) atoms. The third-order valence-corrected chi connectivity index (χ3v) is 5.60. The Hall–Kier alpha value is -2.48. The van der Waals surface area contributed by atoms with E-state index in [1.807, 2.05) is 22.8 Å². The highest BCUT2D eigenvalue weighted by Crippen LogP contribution is 2.33. The minimum absolute atomic E-state index is 0.120. The van der Waals surface area contributed by atoms with Crippen LogP contribution in [-0.2, 0) is 16.1 Å². The summed E-state index contributed by atoms with van der Waals surface area (Å²) in [6.07, 6.45) is -1.07. The Bertz CT molecular complexity index is 1070. The van der Waals surface area contributed by atoms with Gasteiger partial charge in [-0.05, 0) is 44.2 Å². The van der Waals surface area contributed by atoms with E-state index in [0.29, 0.717) is 21.7 Å². The monoisotopic (exact) mass is 464 g/mol. The molecule has 0 saturated heterocycles. The number of carbonyl (C=O) groups excluding carboxylic acids is 1. The molecule has 0 spiro atoms. The molecule has 3 aromatic rings. The van der Waals surface area contributed by atoms with Crippen molar-refractivity contribution in [3.63, 3.8) is 0 Å². The normalized spacial score (nSPS) is 12.1. The molecule has 7 nitrogen and oxygen atoms in total. The van der Waals surface area contributed by atoms with Crippen molar-refractivity contribution >= 4 is 57.5 Å². The van der Waals surface area contributed by atoms with Gasteiger partial charge in [0.15, 0.2) is 0 Å². The van der Waals surface area contributed by atoms with Gasteiger partial charge in [0.2, 0.25) is 5.95 Å². The molecule has 0 bridgehead atoms. The minimum atomic E-state index is -0.948. The first-order valence-corrected chi connectivity index (χ1v) is 10.8. The average Bonchev–Trinajstić information content (AvgIpc) is 3.08. The summed E-state index contributed by atoms with van der Waals surface area (Å²) in [6, 6.07) is 11.0. The van der Waals surface area contributed by atoms with Gasteiger partial charge in [-0.2, -0.15) is 0 Å². The van der Waals surface area contributed by atoms with Crippen LogP contribution < -0.4 is 10.2 Å². The number of hydrogen-bond donors (Lipinski definition) is 2. The number of fused-ring (bicyclic) bond motifs is 1. The molecule has 3 rings (SSSR count). The first-order chi connectivity index (χ1) is 14.9. The minimum Gasteiger partial charge on any atom is -0.469 e. The highest BCUT2D eigenvalue weighted by Gasteiger charge is 2.21. The summed E-state index contributed by atoms with van der Waals surface area (Å²) in [5.41, 5.74) is 3.26. The largest absolute Gasteiger partial charge is 0.469 e. The number of ether oxygens (including phenoxy) is 1. The van der Waals surface area contributed by atoms with Crippen molar-refractivity contribution < 1.29 is 14.6 Å². The van der Waals surface area contributed by atoms with E-state index in [1.54, 1.807) is 18.2 Å². The van der Waals surface area contributed by atoms with Crippen LogP contribution in [0.2, 0.25) is 10.0 Å². The summed E-state index contributed by atoms with van der Waals surface area (Å²) in [7, 11) is 1.30. The van der Waals surface area contributed by atoms with Gasteiger partial charge in [0, 0.05) is 18.1 Å². The maximum atomic E-state index is 11.7. The number of methoxy groups -OCH3 is 1. The Balaban J connectivity index is 2.11. The summed E-state index contributed by atoms with van der Waals surface area (Å²) >= 11 is 12.4. The first kappa shape index (κ1) is 23.2. The molecule has 0 radical (unpaired) electrons. The van der Waals surface area contributed by atoms with E-state index >= 15 is 0 Å². The number of aromatic nitrogens is 2. The van der Waals surface area contributed by atoms with Gasteiger partial charge in [0.1, 0.15) is 0 Å². The quantitative estimate of drug-likeness (QED) is 0.440. The zero-order valence-electron chi connectivity index (χ0n) is 17.7. The molecule has 2 aromatic carbocycles. The lowest BCUT2D eigenvalue weighted by Crippen LogP contribution is -2.24. The van der Waals surface area contributed by atoms with Crippen LogP contribution in [-0.4, -0.2) is 46.9 Å². The van der Waals surface area contributed by atoms with Crippen LogP contribution >= 0.6 is 23.2 Å². The molecule has 0 fully saturated rings. The molecule has 166 valence electrons. The van der Waals surface area contributed by atoms with Gasteiger partial charge in [-0.3, -0.25) is 4.79 Å². The Labute approximate surface area is 191 Å². The molecule has 1 unspecified atom stereocenters. The number of benzene rings is 2. The SMILES string of the molecule is CCN(CC)c1cccc2nc(Nc3ccc(Cl)cc3Cl)n(CC(O)CC(=O)OC)c12. The van der Waals surface area contributed by atoms with Gasteiger partial charge in [-0.15, -0.1) is 0 Å². The van der Waals surface area contributed by atoms with E-state index < -0.39 is 12.1 Å². The second-order valence-electron chi connectivity index (χ2n) is 7.05. The lowest BCUT2D eigenvalue weighted by Gasteiger charge is -2.23. The average molecular weight is 465 g/mol. The van der Waals surface area contributed by atoms with E-state index in [4.69, 9.17) is 32.9 Å². The van der Waals surface area contributed by atoms with Gasteiger partial charge in [-0.1, -0.05) is 29.3 Å². The Morgan fingerprint density at radius 3 is 2.65 bits per heavy atom. The number of rotatable bonds is 9. The molecule has 1 aromatic heterocycles. The third-order valence-electron chi connectivity index (χ3n) is 5.05. The van der Waals surface area contributed by atoms with Crippen molar-refractivity contribution in [2.75, 3.05) is 30.4 Å². The van der Waals surface area contributed by atoms with Crippen LogP contribution in [0, 0.1) is 0 Å². The number of halogens is 2. The highest BCUT2D eigenvalue weighted by atomic mass is 35.5. The predicted molar refractivity (Wildman–Crippen MR) is 126 cm³/mol. The molecule has 0 aliphatic heterocycles. The Morgan fingerprint density at radius 1 is 1.26 bits per heavy atom. The molecule has 0 aliphatic rings. The van der Waals surface area contributed by atoms with E-state index in [2.05, 4.69) is 24.1 Å². The maximum Gasteiger partial charge on any atom is 0.308 e. The number of para-hydroxylation sites is 1. The zero-order chi connectivity index (χ0) is 22.5. The lowest BCUT2D eigenvalue weighted by molar-refractivity contribution is -0.142. The van der Waals surface area contributed by atoms with Crippen LogP contribution in [0.4, 0.5) is 17.3 Å². The number of anilines is 3. The van der Waals surface area contributed by atoms with Crippen molar-refractivity contribution in [3.05, 3.63) is 46.4 Å². The zero-order valence-corrected chi connectivity index (χ0v) is 19.2. The van der Waals surface area contributed by atoms with Crippen molar-refractivity contribution in [1.29, 1.82) is 0 Å². The molecule has 1 atom stereocenters. The molecular weight excluding hydrogens is 439 g/mol. The summed E-state index contributed by atoms with van der Waals surface area (Å²) < 4.78 is 6.58. The van der Waals surface area contributed by atoms with E-state index in [0.717, 1.165) is 29.8 Å². The Kier molecular flexibility index (Phi) is 7.64. The molecule has 2 N–H and O–H groups in total. The van der Waals surface area contributed by atoms with Crippen molar-refractivity contribution in [1.82, 2.24) is 9.55 Å². The molecule has 0 amide bonds. The van der Waals surface area contributed by atoms with Crippen molar-refractivity contribution in [2.45, 2.75) is 32.9 Å². The second kappa shape index (κ2) is 10.2. The number of carbonyl (C=O) groups is 1. The Morgan fingerprint density at radius 2 is 2.00 bits per heavy atom. The third kappa shape index (κ3) is 5.23. The van der Waals surface area contributed by atoms with Gasteiger partial charge in [0.25, 0.3) is 0 Å². The number of nitrogens with one attached hydrogen (secondary N) is 1. The fourth-order valence-corrected chi connectivity index (χ4v) is 3.98. The first-order valence-electron chi connectivity index (χ1n) is 10.1. The molecule has 0 aliphatic carbocycles. The van der Waals surface area contributed by atoms with Crippen LogP contribution in [0.5, 0.6) is 0 Å². The fourth-order valence-electron chi connectivity index (χ4n) is 3.52. The van der Waals surface area contributed by atoms with E-state index in [9.17, 15) is 9.90 Å². The van der Waals surface area contributed by atoms with E-state index in [1.165, 1.54) is 7.11 Å². The number of aliphatic hydroxyl groups excluding tert-OH is 1. The van der Waals surface area contributed by atoms with Crippen LogP contribution in [0.1, 0.15) is 20.3 Å². The molecule has 9 heteroatoms. The smallest absolute Gasteiger partial charge is 0.308 e. The molecule has 0 saturated carbocycles. The maximum absolute atomic E-state index is 11.7. The number of nitrogens with zero attached hydrogens (tertiary/aromatic N) is 3. The van der Waals surface area contributed by atoms with Crippen LogP contribution in [0.15, 0.2) is 36.4 Å². The summed E-state index contributed by atoms with van der Waals surface area (Å²) in [4.78, 5) is 18.6. The second-order valence-corrected chi connectivity index (χ2v) is 7.89. The van der Waals surface area contributed by atoms with E-state index in [-0.39, 0.29) is 13.0 Å².